The number of hydrogen-bond acceptors (Lipinski definition) is 4. The summed E-state index contributed by atoms with van der Waals surface area (Å²) in [5, 5.41) is 6.37. The van der Waals surface area contributed by atoms with Gasteiger partial charge in [0.05, 0.1) is 0 Å². The monoisotopic (exact) mass is 347 g/mol. The van der Waals surface area contributed by atoms with Gasteiger partial charge in [0.1, 0.15) is 11.9 Å². The number of piperazine rings is 1. The predicted octanol–water partition coefficient (Wildman–Crippen LogP) is 0.978. The second-order valence-electron chi connectivity index (χ2n) is 7.30. The van der Waals surface area contributed by atoms with E-state index in [1.165, 1.54) is 0 Å². The van der Waals surface area contributed by atoms with E-state index >= 15 is 0 Å². The van der Waals surface area contributed by atoms with E-state index in [2.05, 4.69) is 15.6 Å². The zero-order valence-electron chi connectivity index (χ0n) is 15.2. The molecule has 0 aromatic carbocycles. The van der Waals surface area contributed by atoms with Gasteiger partial charge < -0.3 is 20.1 Å². The minimum atomic E-state index is -0.141. The Morgan fingerprint density at radius 2 is 2.16 bits per heavy atom. The molecule has 2 aliphatic rings. The third-order valence-electron chi connectivity index (χ3n) is 5.32. The van der Waals surface area contributed by atoms with Crippen molar-refractivity contribution >= 4 is 11.8 Å². The van der Waals surface area contributed by atoms with Crippen LogP contribution in [0.4, 0.5) is 0 Å². The fourth-order valence-corrected chi connectivity index (χ4v) is 3.91. The first-order valence-corrected chi connectivity index (χ1v) is 9.34. The quantitative estimate of drug-likeness (QED) is 0.832. The molecule has 1 saturated carbocycles. The number of aryl methyl sites for hydroxylation is 1. The summed E-state index contributed by atoms with van der Waals surface area (Å²) in [6, 6.07) is -0.198. The fourth-order valence-electron chi connectivity index (χ4n) is 3.91. The van der Waals surface area contributed by atoms with Crippen LogP contribution in [0.2, 0.25) is 0 Å². The molecule has 2 N–H and O–H groups in total. The highest BCUT2D eigenvalue weighted by Gasteiger charge is 2.31. The van der Waals surface area contributed by atoms with Gasteiger partial charge in [0.25, 0.3) is 0 Å². The van der Waals surface area contributed by atoms with Gasteiger partial charge in [-0.3, -0.25) is 9.59 Å². The third kappa shape index (κ3) is 4.21. The summed E-state index contributed by atoms with van der Waals surface area (Å²) in [4.78, 5) is 31.4. The Balaban J connectivity index is 1.58. The molecule has 7 nitrogen and oxygen atoms in total. The highest BCUT2D eigenvalue weighted by atomic mass is 16.2. The third-order valence-corrected chi connectivity index (χ3v) is 5.32. The van der Waals surface area contributed by atoms with E-state index in [-0.39, 0.29) is 29.8 Å². The number of rotatable bonds is 5. The van der Waals surface area contributed by atoms with Crippen LogP contribution in [0.25, 0.3) is 0 Å². The Labute approximate surface area is 149 Å². The second kappa shape index (κ2) is 7.99. The SMILES string of the molecule is CC(CC(=O)N1CCNCC1c1nccn1C)NC(=O)C1CCCC1. The van der Waals surface area contributed by atoms with Crippen LogP contribution in [-0.4, -0.2) is 51.9 Å². The first-order valence-electron chi connectivity index (χ1n) is 9.34. The smallest absolute Gasteiger partial charge is 0.225 e. The number of nitrogens with zero attached hydrogens (tertiary/aromatic N) is 3. The van der Waals surface area contributed by atoms with Crippen LogP contribution >= 0.6 is 0 Å². The molecule has 2 atom stereocenters. The van der Waals surface area contributed by atoms with Gasteiger partial charge in [-0.25, -0.2) is 4.98 Å². The maximum Gasteiger partial charge on any atom is 0.225 e. The maximum atomic E-state index is 12.8. The molecule has 1 aliphatic carbocycles. The zero-order chi connectivity index (χ0) is 17.8. The molecule has 0 bridgehead atoms. The summed E-state index contributed by atoms with van der Waals surface area (Å²) >= 11 is 0. The Morgan fingerprint density at radius 1 is 1.40 bits per heavy atom. The molecular weight excluding hydrogens is 318 g/mol. The summed E-state index contributed by atoms with van der Waals surface area (Å²) in [6.45, 7) is 4.08. The number of hydrogen-bond donors (Lipinski definition) is 2. The molecule has 2 unspecified atom stereocenters. The van der Waals surface area contributed by atoms with Gasteiger partial charge in [-0.15, -0.1) is 0 Å². The van der Waals surface area contributed by atoms with Gasteiger partial charge in [-0.1, -0.05) is 12.8 Å². The molecule has 7 heteroatoms. The van der Waals surface area contributed by atoms with E-state index in [0.717, 1.165) is 38.1 Å². The number of nitrogens with one attached hydrogen (secondary N) is 2. The lowest BCUT2D eigenvalue weighted by Crippen LogP contribution is -2.51. The van der Waals surface area contributed by atoms with Crippen molar-refractivity contribution in [3.63, 3.8) is 0 Å². The largest absolute Gasteiger partial charge is 0.353 e. The second-order valence-corrected chi connectivity index (χ2v) is 7.30. The normalized spacial score (nSPS) is 22.8. The molecule has 1 aromatic heterocycles. The summed E-state index contributed by atoms with van der Waals surface area (Å²) in [5.74, 6) is 1.22. The average molecular weight is 347 g/mol. The standard InChI is InChI=1S/C18H29N5O2/c1-13(21-18(25)14-5-3-4-6-14)11-16(24)23-10-7-19-12-15(23)17-20-8-9-22(17)2/h8-9,13-15,19H,3-7,10-12H2,1-2H3,(H,21,25). The van der Waals surface area contributed by atoms with Gasteiger partial charge in [0.15, 0.2) is 0 Å². The lowest BCUT2D eigenvalue weighted by molar-refractivity contribution is -0.135. The summed E-state index contributed by atoms with van der Waals surface area (Å²) in [7, 11) is 1.95. The highest BCUT2D eigenvalue weighted by Crippen LogP contribution is 2.25. The first kappa shape index (κ1) is 17.9. The van der Waals surface area contributed by atoms with Crippen molar-refractivity contribution in [3.05, 3.63) is 18.2 Å². The molecule has 1 aliphatic heterocycles. The van der Waals surface area contributed by atoms with E-state index in [9.17, 15) is 9.59 Å². The Hall–Kier alpha value is -1.89. The van der Waals surface area contributed by atoms with Gasteiger partial charge in [0, 0.05) is 57.5 Å². The number of aromatic nitrogens is 2. The highest BCUT2D eigenvalue weighted by molar-refractivity contribution is 5.81. The van der Waals surface area contributed by atoms with Gasteiger partial charge >= 0.3 is 0 Å². The van der Waals surface area contributed by atoms with Crippen molar-refractivity contribution in [1.29, 1.82) is 0 Å². The van der Waals surface area contributed by atoms with E-state index in [1.54, 1.807) is 6.20 Å². The van der Waals surface area contributed by atoms with Gasteiger partial charge in [-0.2, -0.15) is 0 Å². The molecule has 0 spiro atoms. The van der Waals surface area contributed by atoms with E-state index in [4.69, 9.17) is 0 Å². The van der Waals surface area contributed by atoms with Crippen molar-refractivity contribution in [2.75, 3.05) is 19.6 Å². The number of carbonyl (C=O) groups is 2. The van der Waals surface area contributed by atoms with E-state index < -0.39 is 0 Å². The summed E-state index contributed by atoms with van der Waals surface area (Å²) in [6.07, 6.45) is 8.22. The topological polar surface area (TPSA) is 79.3 Å². The van der Waals surface area contributed by atoms with Crippen LogP contribution in [-0.2, 0) is 16.6 Å². The van der Waals surface area contributed by atoms with Crippen molar-refractivity contribution in [3.8, 4) is 0 Å². The average Bonchev–Trinajstić information content (AvgIpc) is 3.26. The van der Waals surface area contributed by atoms with Crippen LogP contribution < -0.4 is 10.6 Å². The molecule has 3 rings (SSSR count). The fraction of sp³-hybridized carbons (Fsp3) is 0.722. The molecule has 1 aromatic rings. The van der Waals surface area contributed by atoms with E-state index in [1.807, 2.05) is 29.6 Å². The Bertz CT molecular complexity index is 608. The molecule has 25 heavy (non-hydrogen) atoms. The van der Waals surface area contributed by atoms with Gasteiger partial charge in [0.2, 0.25) is 11.8 Å². The maximum absolute atomic E-state index is 12.8. The van der Waals surface area contributed by atoms with Crippen LogP contribution in [0.1, 0.15) is 50.9 Å². The predicted molar refractivity (Wildman–Crippen MR) is 94.7 cm³/mol. The van der Waals surface area contributed by atoms with Crippen LogP contribution in [0, 0.1) is 5.92 Å². The molecule has 2 fully saturated rings. The van der Waals surface area contributed by atoms with Crippen LogP contribution in [0.5, 0.6) is 0 Å². The zero-order valence-corrected chi connectivity index (χ0v) is 15.2. The number of amides is 2. The number of carbonyl (C=O) groups excluding carboxylic acids is 2. The summed E-state index contributed by atoms with van der Waals surface area (Å²) < 4.78 is 1.96. The van der Waals surface area contributed by atoms with Gasteiger partial charge in [-0.05, 0) is 19.8 Å². The summed E-state index contributed by atoms with van der Waals surface area (Å²) in [5.41, 5.74) is 0. The van der Waals surface area contributed by atoms with E-state index in [0.29, 0.717) is 19.5 Å². The van der Waals surface area contributed by atoms with Crippen molar-refractivity contribution in [2.45, 2.75) is 51.1 Å². The van der Waals surface area contributed by atoms with Crippen molar-refractivity contribution < 1.29 is 9.59 Å². The molecule has 1 saturated heterocycles. The first-order chi connectivity index (χ1) is 12.1. The Kier molecular flexibility index (Phi) is 5.73. The van der Waals surface area contributed by atoms with Crippen molar-refractivity contribution in [2.24, 2.45) is 13.0 Å². The van der Waals surface area contributed by atoms with Crippen LogP contribution in [0.15, 0.2) is 12.4 Å². The molecular formula is C18H29N5O2. The van der Waals surface area contributed by atoms with Crippen LogP contribution in [0.3, 0.4) is 0 Å². The minimum absolute atomic E-state index is 0.0565. The number of imidazole rings is 1. The Morgan fingerprint density at radius 3 is 2.84 bits per heavy atom. The molecule has 2 heterocycles. The minimum Gasteiger partial charge on any atom is -0.353 e. The molecule has 0 radical (unpaired) electrons. The lowest BCUT2D eigenvalue weighted by atomic mass is 10.1. The molecule has 2 amide bonds. The van der Waals surface area contributed by atoms with Crippen molar-refractivity contribution in [1.82, 2.24) is 25.1 Å². The molecule has 138 valence electrons. The lowest BCUT2D eigenvalue weighted by Gasteiger charge is -2.36.